The van der Waals surface area contributed by atoms with Crippen molar-refractivity contribution in [2.45, 2.75) is 39.3 Å². The van der Waals surface area contributed by atoms with Gasteiger partial charge >= 0.3 is 0 Å². The second-order valence-corrected chi connectivity index (χ2v) is 16.4. The van der Waals surface area contributed by atoms with Crippen LogP contribution in [0.25, 0.3) is 0 Å². The van der Waals surface area contributed by atoms with Crippen molar-refractivity contribution in [3.05, 3.63) is 18.3 Å². The first-order chi connectivity index (χ1) is 6.64. The van der Waals surface area contributed by atoms with E-state index in [1.165, 1.54) is 0 Å². The molecule has 84 valence electrons. The van der Waals surface area contributed by atoms with Gasteiger partial charge in [-0.15, -0.1) is 0 Å². The minimum absolute atomic E-state index is 1.21. The Morgan fingerprint density at radius 1 is 0.933 bits per heavy atom. The van der Waals surface area contributed by atoms with E-state index < -0.39 is 16.1 Å². The van der Waals surface area contributed by atoms with Gasteiger partial charge in [-0.1, -0.05) is 45.3 Å². The van der Waals surface area contributed by atoms with E-state index in [1.54, 1.807) is 10.5 Å². The molecule has 0 aliphatic rings. The molecule has 15 heavy (non-hydrogen) atoms. The zero-order valence-electron chi connectivity index (χ0n) is 11.2. The lowest BCUT2D eigenvalue weighted by Gasteiger charge is -2.24. The van der Waals surface area contributed by atoms with Crippen LogP contribution in [0.4, 0.5) is 0 Å². The van der Waals surface area contributed by atoms with Crippen molar-refractivity contribution >= 4 is 26.7 Å². The molecule has 0 aliphatic carbocycles. The van der Waals surface area contributed by atoms with Crippen LogP contribution < -0.4 is 15.1 Å². The molecule has 1 aromatic heterocycles. The summed E-state index contributed by atoms with van der Waals surface area (Å²) < 4.78 is 2.35. The summed E-state index contributed by atoms with van der Waals surface area (Å²) in [7, 11) is -0.248. The summed E-state index contributed by atoms with van der Waals surface area (Å²) in [5.41, 5.74) is 0. The molecule has 0 spiro atoms. The van der Waals surface area contributed by atoms with Gasteiger partial charge in [-0.3, -0.25) is 0 Å². The zero-order chi connectivity index (χ0) is 11.9. The van der Waals surface area contributed by atoms with E-state index >= 15 is 0 Å². The summed E-state index contributed by atoms with van der Waals surface area (Å²) in [5, 5.41) is 3.27. The van der Waals surface area contributed by atoms with Crippen molar-refractivity contribution < 1.29 is 4.57 Å². The lowest BCUT2D eigenvalue weighted by Crippen LogP contribution is -2.69. The minimum Gasteiger partial charge on any atom is -0.210 e. The van der Waals surface area contributed by atoms with E-state index in [0.29, 0.717) is 0 Å². The Balaban J connectivity index is 3.48. The number of hydrogen-bond acceptors (Lipinski definition) is 0. The van der Waals surface area contributed by atoms with Crippen LogP contribution in [0.3, 0.4) is 0 Å². The van der Waals surface area contributed by atoms with Crippen LogP contribution in [0.5, 0.6) is 0 Å². The van der Waals surface area contributed by atoms with Crippen molar-refractivity contribution in [2.24, 2.45) is 7.05 Å². The highest BCUT2D eigenvalue weighted by atomic mass is 28.3. The fraction of sp³-hybridized carbons (Fsp3) is 0.583. The van der Waals surface area contributed by atoms with Gasteiger partial charge in [-0.2, -0.15) is 0 Å². The second kappa shape index (κ2) is 3.87. The van der Waals surface area contributed by atoms with Crippen LogP contribution in [-0.4, -0.2) is 16.1 Å². The minimum atomic E-state index is -1.23. The van der Waals surface area contributed by atoms with E-state index in [-0.39, 0.29) is 0 Å². The summed E-state index contributed by atoms with van der Waals surface area (Å²) in [5.74, 6) is 0. The third kappa shape index (κ3) is 2.78. The van der Waals surface area contributed by atoms with Gasteiger partial charge in [0, 0.05) is 6.07 Å². The van der Waals surface area contributed by atoms with Crippen LogP contribution >= 0.6 is 0 Å². The predicted molar refractivity (Wildman–Crippen MR) is 73.6 cm³/mol. The maximum Gasteiger partial charge on any atom is 0.168 e. The van der Waals surface area contributed by atoms with Crippen LogP contribution in [0, 0.1) is 0 Å². The first-order valence-electron chi connectivity index (χ1n) is 5.63. The topological polar surface area (TPSA) is 3.88 Å². The molecule has 1 aromatic rings. The summed E-state index contributed by atoms with van der Waals surface area (Å²) >= 11 is 0. The van der Waals surface area contributed by atoms with E-state index in [2.05, 4.69) is 69.2 Å². The Labute approximate surface area is 96.2 Å². The number of hydrogen-bond donors (Lipinski definition) is 0. The number of pyridine rings is 1. The molecule has 0 fully saturated rings. The quantitative estimate of drug-likeness (QED) is 0.544. The molecule has 0 N–H and O–H groups in total. The average Bonchev–Trinajstić information content (AvgIpc) is 1.99. The van der Waals surface area contributed by atoms with Crippen LogP contribution in [-0.2, 0) is 7.05 Å². The number of nitrogens with zero attached hydrogens (tertiary/aromatic N) is 1. The Kier molecular flexibility index (Phi) is 3.26. The molecular weight excluding hydrogens is 214 g/mol. The van der Waals surface area contributed by atoms with E-state index in [0.717, 1.165) is 0 Å². The van der Waals surface area contributed by atoms with Crippen molar-refractivity contribution in [1.29, 1.82) is 0 Å². The second-order valence-electron chi connectivity index (χ2n) is 6.38. The van der Waals surface area contributed by atoms with Crippen LogP contribution in [0.2, 0.25) is 39.3 Å². The summed E-state index contributed by atoms with van der Waals surface area (Å²) in [6.07, 6.45) is 2.19. The van der Waals surface area contributed by atoms with Crippen molar-refractivity contribution in [3.63, 3.8) is 0 Å². The van der Waals surface area contributed by atoms with Crippen molar-refractivity contribution in [3.8, 4) is 0 Å². The summed E-state index contributed by atoms with van der Waals surface area (Å²) in [6.45, 7) is 14.6. The first-order valence-corrected chi connectivity index (χ1v) is 12.6. The van der Waals surface area contributed by atoms with Gasteiger partial charge in [-0.25, -0.2) is 4.57 Å². The molecule has 1 nitrogen and oxygen atoms in total. The average molecular weight is 239 g/mol. The predicted octanol–water partition coefficient (Wildman–Crippen LogP) is 1.60. The molecule has 0 aliphatic heterocycles. The van der Waals surface area contributed by atoms with E-state index in [9.17, 15) is 0 Å². The van der Waals surface area contributed by atoms with Crippen molar-refractivity contribution in [2.75, 3.05) is 0 Å². The maximum absolute atomic E-state index is 2.44. The highest BCUT2D eigenvalue weighted by Crippen LogP contribution is 2.04. The normalized spacial score (nSPS) is 13.0. The van der Waals surface area contributed by atoms with Crippen molar-refractivity contribution in [1.82, 2.24) is 0 Å². The SMILES string of the molecule is C[n+]1cccc([Si](C)(C)C)c1[Si](C)(C)C. The maximum atomic E-state index is 2.44. The fourth-order valence-electron chi connectivity index (χ4n) is 2.15. The number of aromatic nitrogens is 1. The molecule has 0 saturated carbocycles. The molecule has 3 heteroatoms. The first kappa shape index (κ1) is 12.7. The zero-order valence-corrected chi connectivity index (χ0v) is 13.2. The third-order valence-corrected chi connectivity index (χ3v) is 7.01. The Morgan fingerprint density at radius 2 is 1.47 bits per heavy atom. The standard InChI is InChI=1S/C12H24NSi2/c1-13-10-8-9-11(14(2,3)4)12(13)15(5,6)7/h8-10H,1-7H3/q+1. The largest absolute Gasteiger partial charge is 0.210 e. The lowest BCUT2D eigenvalue weighted by molar-refractivity contribution is -0.653. The highest BCUT2D eigenvalue weighted by molar-refractivity contribution is 6.97. The van der Waals surface area contributed by atoms with E-state index in [4.69, 9.17) is 0 Å². The highest BCUT2D eigenvalue weighted by Gasteiger charge is 2.34. The van der Waals surface area contributed by atoms with Gasteiger partial charge in [0.25, 0.3) is 0 Å². The fourth-order valence-corrected chi connectivity index (χ4v) is 7.91. The summed E-state index contributed by atoms with van der Waals surface area (Å²) in [4.78, 5) is 0. The van der Waals surface area contributed by atoms with Gasteiger partial charge in [-0.05, 0) is 5.19 Å². The Hall–Kier alpha value is -0.416. The number of aryl methyl sites for hydroxylation is 1. The molecule has 0 atom stereocenters. The van der Waals surface area contributed by atoms with Gasteiger partial charge in [0.15, 0.2) is 19.6 Å². The third-order valence-electron chi connectivity index (χ3n) is 2.70. The van der Waals surface area contributed by atoms with Gasteiger partial charge in [0.2, 0.25) is 0 Å². The molecule has 1 heterocycles. The molecular formula is C12H24NSi2+. The monoisotopic (exact) mass is 238 g/mol. The van der Waals surface area contributed by atoms with Gasteiger partial charge in [0.1, 0.15) is 7.05 Å². The van der Waals surface area contributed by atoms with Gasteiger partial charge in [0.05, 0.1) is 8.07 Å². The molecule has 0 radical (unpaired) electrons. The lowest BCUT2D eigenvalue weighted by atomic mass is 10.5. The van der Waals surface area contributed by atoms with Gasteiger partial charge < -0.3 is 0 Å². The molecule has 0 aromatic carbocycles. The summed E-state index contributed by atoms with van der Waals surface area (Å²) in [6, 6.07) is 4.54. The van der Waals surface area contributed by atoms with E-state index in [1.807, 2.05) is 0 Å². The van der Waals surface area contributed by atoms with Crippen LogP contribution in [0.1, 0.15) is 0 Å². The molecule has 0 saturated heterocycles. The Bertz CT molecular complexity index is 359. The molecule has 0 amide bonds. The molecule has 1 rings (SSSR count). The molecule has 0 bridgehead atoms. The molecule has 0 unspecified atom stereocenters. The Morgan fingerprint density at radius 3 is 1.80 bits per heavy atom. The smallest absolute Gasteiger partial charge is 0.168 e. The van der Waals surface area contributed by atoms with Crippen LogP contribution in [0.15, 0.2) is 18.3 Å². The number of rotatable bonds is 2.